The SMILES string of the molecule is CCCNC(CC1CCOCC1)c1cc(C)ccc1Br. The van der Waals surface area contributed by atoms with Gasteiger partial charge in [0.05, 0.1) is 0 Å². The van der Waals surface area contributed by atoms with Crippen LogP contribution in [0.4, 0.5) is 0 Å². The zero-order chi connectivity index (χ0) is 14.4. The summed E-state index contributed by atoms with van der Waals surface area (Å²) in [5, 5.41) is 3.73. The van der Waals surface area contributed by atoms with Gasteiger partial charge in [-0.2, -0.15) is 0 Å². The highest BCUT2D eigenvalue weighted by Gasteiger charge is 2.21. The van der Waals surface area contributed by atoms with Crippen LogP contribution in [0.15, 0.2) is 22.7 Å². The summed E-state index contributed by atoms with van der Waals surface area (Å²) in [4.78, 5) is 0. The second-order valence-corrected chi connectivity index (χ2v) is 6.68. The van der Waals surface area contributed by atoms with Crippen molar-refractivity contribution in [2.75, 3.05) is 19.8 Å². The maximum Gasteiger partial charge on any atom is 0.0468 e. The number of hydrogen-bond acceptors (Lipinski definition) is 2. The summed E-state index contributed by atoms with van der Waals surface area (Å²) >= 11 is 3.72. The van der Waals surface area contributed by atoms with Crippen molar-refractivity contribution in [1.82, 2.24) is 5.32 Å². The van der Waals surface area contributed by atoms with Crippen LogP contribution >= 0.6 is 15.9 Å². The molecule has 0 spiro atoms. The first-order valence-electron chi connectivity index (χ1n) is 7.78. The molecule has 0 aromatic heterocycles. The summed E-state index contributed by atoms with van der Waals surface area (Å²) in [7, 11) is 0. The number of hydrogen-bond donors (Lipinski definition) is 1. The molecule has 1 heterocycles. The summed E-state index contributed by atoms with van der Waals surface area (Å²) in [6.45, 7) is 7.33. The van der Waals surface area contributed by atoms with Crippen molar-refractivity contribution < 1.29 is 4.74 Å². The number of halogens is 1. The summed E-state index contributed by atoms with van der Waals surface area (Å²) in [5.74, 6) is 0.783. The third-order valence-corrected chi connectivity index (χ3v) is 4.80. The molecule has 112 valence electrons. The molecular formula is C17H26BrNO. The number of rotatable bonds is 6. The third kappa shape index (κ3) is 4.57. The van der Waals surface area contributed by atoms with E-state index in [1.165, 1.54) is 41.3 Å². The van der Waals surface area contributed by atoms with E-state index in [-0.39, 0.29) is 0 Å². The van der Waals surface area contributed by atoms with E-state index in [2.05, 4.69) is 53.3 Å². The number of ether oxygens (including phenoxy) is 1. The number of benzene rings is 1. The van der Waals surface area contributed by atoms with Gasteiger partial charge in [-0.05, 0) is 56.7 Å². The Kier molecular flexibility index (Phi) is 6.53. The van der Waals surface area contributed by atoms with E-state index in [9.17, 15) is 0 Å². The quantitative estimate of drug-likeness (QED) is 0.816. The lowest BCUT2D eigenvalue weighted by Gasteiger charge is -2.28. The Morgan fingerprint density at radius 1 is 1.35 bits per heavy atom. The average Bonchev–Trinajstić information content (AvgIpc) is 2.47. The lowest BCUT2D eigenvalue weighted by atomic mass is 9.89. The van der Waals surface area contributed by atoms with Crippen molar-refractivity contribution in [3.63, 3.8) is 0 Å². The van der Waals surface area contributed by atoms with Crippen LogP contribution in [-0.4, -0.2) is 19.8 Å². The van der Waals surface area contributed by atoms with E-state index in [1.807, 2.05) is 0 Å². The highest BCUT2D eigenvalue weighted by molar-refractivity contribution is 9.10. The Balaban J connectivity index is 2.10. The van der Waals surface area contributed by atoms with Crippen LogP contribution in [0.2, 0.25) is 0 Å². The molecule has 0 saturated carbocycles. The Hall–Kier alpha value is -0.380. The minimum atomic E-state index is 0.451. The van der Waals surface area contributed by atoms with Crippen molar-refractivity contribution in [3.8, 4) is 0 Å². The minimum Gasteiger partial charge on any atom is -0.381 e. The second-order valence-electron chi connectivity index (χ2n) is 5.82. The Bertz CT molecular complexity index is 415. The predicted molar refractivity (Wildman–Crippen MR) is 88.1 cm³/mol. The van der Waals surface area contributed by atoms with Crippen molar-refractivity contribution in [1.29, 1.82) is 0 Å². The van der Waals surface area contributed by atoms with Gasteiger partial charge in [0, 0.05) is 23.7 Å². The maximum atomic E-state index is 5.48. The lowest BCUT2D eigenvalue weighted by molar-refractivity contribution is 0.0605. The summed E-state index contributed by atoms with van der Waals surface area (Å²) in [6.07, 6.45) is 4.79. The summed E-state index contributed by atoms with van der Waals surface area (Å²) < 4.78 is 6.71. The molecule has 2 nitrogen and oxygen atoms in total. The maximum absolute atomic E-state index is 5.48. The molecule has 0 bridgehead atoms. The molecular weight excluding hydrogens is 314 g/mol. The molecule has 20 heavy (non-hydrogen) atoms. The molecule has 1 aliphatic rings. The fraction of sp³-hybridized carbons (Fsp3) is 0.647. The zero-order valence-electron chi connectivity index (χ0n) is 12.6. The fourth-order valence-corrected chi connectivity index (χ4v) is 3.41. The molecule has 1 N–H and O–H groups in total. The fourth-order valence-electron chi connectivity index (χ4n) is 2.88. The van der Waals surface area contributed by atoms with E-state index in [4.69, 9.17) is 4.74 Å². The van der Waals surface area contributed by atoms with E-state index < -0.39 is 0 Å². The van der Waals surface area contributed by atoms with Gasteiger partial charge in [0.2, 0.25) is 0 Å². The monoisotopic (exact) mass is 339 g/mol. The van der Waals surface area contributed by atoms with Gasteiger partial charge in [-0.25, -0.2) is 0 Å². The zero-order valence-corrected chi connectivity index (χ0v) is 14.2. The molecule has 1 saturated heterocycles. The van der Waals surface area contributed by atoms with Crippen molar-refractivity contribution in [2.24, 2.45) is 5.92 Å². The molecule has 1 atom stereocenters. The summed E-state index contributed by atoms with van der Waals surface area (Å²) in [5.41, 5.74) is 2.74. The van der Waals surface area contributed by atoms with Gasteiger partial charge in [0.1, 0.15) is 0 Å². The Morgan fingerprint density at radius 2 is 2.10 bits per heavy atom. The highest BCUT2D eigenvalue weighted by atomic mass is 79.9. The van der Waals surface area contributed by atoms with Gasteiger partial charge < -0.3 is 10.1 Å². The van der Waals surface area contributed by atoms with Gasteiger partial charge in [-0.3, -0.25) is 0 Å². The van der Waals surface area contributed by atoms with Crippen LogP contribution in [0.3, 0.4) is 0 Å². The smallest absolute Gasteiger partial charge is 0.0468 e. The molecule has 3 heteroatoms. The Labute approximate surface area is 131 Å². The predicted octanol–water partition coefficient (Wildman–Crippen LogP) is 4.61. The van der Waals surface area contributed by atoms with Crippen LogP contribution in [0.1, 0.15) is 49.8 Å². The topological polar surface area (TPSA) is 21.3 Å². The second kappa shape index (κ2) is 8.16. The van der Waals surface area contributed by atoms with Crippen LogP contribution < -0.4 is 5.32 Å². The van der Waals surface area contributed by atoms with E-state index >= 15 is 0 Å². The first-order valence-corrected chi connectivity index (χ1v) is 8.57. The normalized spacial score (nSPS) is 18.1. The highest BCUT2D eigenvalue weighted by Crippen LogP contribution is 2.32. The molecule has 1 aromatic carbocycles. The van der Waals surface area contributed by atoms with Crippen LogP contribution in [0, 0.1) is 12.8 Å². The van der Waals surface area contributed by atoms with Gasteiger partial charge in [0.15, 0.2) is 0 Å². The first kappa shape index (κ1) is 16.0. The van der Waals surface area contributed by atoms with Gasteiger partial charge in [-0.15, -0.1) is 0 Å². The molecule has 1 fully saturated rings. The van der Waals surface area contributed by atoms with Crippen LogP contribution in [0.5, 0.6) is 0 Å². The van der Waals surface area contributed by atoms with E-state index in [0.717, 1.165) is 25.7 Å². The largest absolute Gasteiger partial charge is 0.381 e. The molecule has 0 aliphatic carbocycles. The van der Waals surface area contributed by atoms with Crippen molar-refractivity contribution in [2.45, 2.75) is 45.6 Å². The first-order chi connectivity index (χ1) is 9.70. The molecule has 1 aromatic rings. The molecule has 1 aliphatic heterocycles. The van der Waals surface area contributed by atoms with Crippen LogP contribution in [0.25, 0.3) is 0 Å². The average molecular weight is 340 g/mol. The van der Waals surface area contributed by atoms with Crippen molar-refractivity contribution in [3.05, 3.63) is 33.8 Å². The van der Waals surface area contributed by atoms with E-state index in [1.54, 1.807) is 0 Å². The Morgan fingerprint density at radius 3 is 2.80 bits per heavy atom. The molecule has 0 amide bonds. The van der Waals surface area contributed by atoms with Gasteiger partial charge in [0.25, 0.3) is 0 Å². The van der Waals surface area contributed by atoms with E-state index in [0.29, 0.717) is 6.04 Å². The molecule has 1 unspecified atom stereocenters. The van der Waals surface area contributed by atoms with Gasteiger partial charge in [-0.1, -0.05) is 40.5 Å². The number of aryl methyl sites for hydroxylation is 1. The third-order valence-electron chi connectivity index (χ3n) is 4.08. The van der Waals surface area contributed by atoms with Gasteiger partial charge >= 0.3 is 0 Å². The molecule has 2 rings (SSSR count). The van der Waals surface area contributed by atoms with Crippen LogP contribution in [-0.2, 0) is 4.74 Å². The lowest BCUT2D eigenvalue weighted by Crippen LogP contribution is -2.27. The molecule has 0 radical (unpaired) electrons. The number of nitrogens with one attached hydrogen (secondary N) is 1. The van der Waals surface area contributed by atoms with Crippen molar-refractivity contribution >= 4 is 15.9 Å². The minimum absolute atomic E-state index is 0.451. The standard InChI is InChI=1S/C17H26BrNO/c1-3-8-19-17(12-14-6-9-20-10-7-14)15-11-13(2)4-5-16(15)18/h4-5,11,14,17,19H,3,6-10,12H2,1-2H3. The summed E-state index contributed by atoms with van der Waals surface area (Å²) in [6, 6.07) is 7.11.